The zero-order valence-electron chi connectivity index (χ0n) is 20.4. The predicted octanol–water partition coefficient (Wildman–Crippen LogP) is 5.34. The Morgan fingerprint density at radius 2 is 1.81 bits per heavy atom. The van der Waals surface area contributed by atoms with E-state index >= 15 is 0 Å². The van der Waals surface area contributed by atoms with Crippen molar-refractivity contribution in [2.24, 2.45) is 0 Å². The first-order valence-corrected chi connectivity index (χ1v) is 12.4. The number of thiazole rings is 1. The molecule has 1 unspecified atom stereocenters. The number of Topliss-reactive ketones (excluding diaryl/α,β-unsaturated/α-hetero) is 1. The average molecular weight is 517 g/mol. The molecule has 0 bridgehead atoms. The number of carbonyl (C=O) groups excluding carboxylic acids is 2. The molecule has 1 N–H and O–H groups in total. The van der Waals surface area contributed by atoms with E-state index in [-0.39, 0.29) is 11.3 Å². The van der Waals surface area contributed by atoms with E-state index in [1.807, 2.05) is 19.1 Å². The molecule has 188 valence electrons. The van der Waals surface area contributed by atoms with Gasteiger partial charge in [-0.1, -0.05) is 53.8 Å². The van der Waals surface area contributed by atoms with Gasteiger partial charge in [-0.3, -0.25) is 14.5 Å². The molecule has 1 aromatic heterocycles. The van der Waals surface area contributed by atoms with Crippen molar-refractivity contribution in [2.75, 3.05) is 25.7 Å². The van der Waals surface area contributed by atoms with E-state index in [9.17, 15) is 14.7 Å². The van der Waals surface area contributed by atoms with Crippen molar-refractivity contribution in [3.63, 3.8) is 0 Å². The summed E-state index contributed by atoms with van der Waals surface area (Å²) in [7, 11) is 2.99. The second-order valence-corrected chi connectivity index (χ2v) is 9.19. The lowest BCUT2D eigenvalue weighted by Gasteiger charge is -2.25. The van der Waals surface area contributed by atoms with Crippen LogP contribution in [0.25, 0.3) is 16.0 Å². The number of hydrogen-bond donors (Lipinski definition) is 1. The maximum atomic E-state index is 13.5. The molecule has 8 nitrogen and oxygen atoms in total. The number of amides is 1. The van der Waals surface area contributed by atoms with Crippen molar-refractivity contribution in [3.8, 4) is 17.2 Å². The van der Waals surface area contributed by atoms with Crippen molar-refractivity contribution in [1.82, 2.24) is 4.98 Å². The minimum Gasteiger partial charge on any atom is -0.507 e. The third kappa shape index (κ3) is 4.17. The summed E-state index contributed by atoms with van der Waals surface area (Å²) in [6.07, 6.45) is 0. The maximum Gasteiger partial charge on any atom is 0.301 e. The minimum absolute atomic E-state index is 0.0583. The van der Waals surface area contributed by atoms with E-state index in [1.165, 1.54) is 30.5 Å². The lowest BCUT2D eigenvalue weighted by atomic mass is 9.94. The Morgan fingerprint density at radius 3 is 2.51 bits per heavy atom. The monoisotopic (exact) mass is 516 g/mol. The Morgan fingerprint density at radius 1 is 1.03 bits per heavy atom. The first-order valence-electron chi connectivity index (χ1n) is 11.6. The van der Waals surface area contributed by atoms with Crippen LogP contribution in [-0.2, 0) is 9.59 Å². The molecule has 0 aliphatic carbocycles. The van der Waals surface area contributed by atoms with Crippen molar-refractivity contribution >= 4 is 44.1 Å². The van der Waals surface area contributed by atoms with Gasteiger partial charge < -0.3 is 19.3 Å². The van der Waals surface area contributed by atoms with Crippen LogP contribution < -0.4 is 19.1 Å². The molecule has 1 aliphatic rings. The molecule has 1 aliphatic heterocycles. The summed E-state index contributed by atoms with van der Waals surface area (Å²) >= 11 is 1.26. The summed E-state index contributed by atoms with van der Waals surface area (Å²) in [5.41, 5.74) is 1.49. The minimum atomic E-state index is -1.00. The highest BCUT2D eigenvalue weighted by Gasteiger charge is 2.49. The summed E-state index contributed by atoms with van der Waals surface area (Å²) in [4.78, 5) is 33.0. The summed E-state index contributed by atoms with van der Waals surface area (Å²) < 4.78 is 17.5. The lowest BCUT2D eigenvalue weighted by Crippen LogP contribution is -2.29. The summed E-state index contributed by atoms with van der Waals surface area (Å²) in [5, 5.41) is 11.6. The molecule has 1 saturated heterocycles. The Labute approximate surface area is 217 Å². The van der Waals surface area contributed by atoms with E-state index in [4.69, 9.17) is 14.2 Å². The van der Waals surface area contributed by atoms with Crippen LogP contribution in [-0.4, -0.2) is 42.6 Å². The second kappa shape index (κ2) is 9.94. The molecular formula is C28H24N2O6S. The molecule has 1 fully saturated rings. The van der Waals surface area contributed by atoms with Crippen LogP contribution in [0.3, 0.4) is 0 Å². The van der Waals surface area contributed by atoms with Gasteiger partial charge >= 0.3 is 5.91 Å². The number of carbonyl (C=O) groups is 2. The molecule has 0 saturated carbocycles. The molecule has 0 spiro atoms. The summed E-state index contributed by atoms with van der Waals surface area (Å²) in [6.45, 7) is 2.41. The van der Waals surface area contributed by atoms with E-state index in [2.05, 4.69) is 4.98 Å². The highest BCUT2D eigenvalue weighted by molar-refractivity contribution is 7.22. The number of ketones is 1. The largest absolute Gasteiger partial charge is 0.507 e. The molecular weight excluding hydrogens is 492 g/mol. The Bertz CT molecular complexity index is 1530. The fourth-order valence-electron chi connectivity index (χ4n) is 4.46. The summed E-state index contributed by atoms with van der Waals surface area (Å²) in [5.74, 6) is -0.433. The van der Waals surface area contributed by atoms with Gasteiger partial charge in [0.15, 0.2) is 16.6 Å². The van der Waals surface area contributed by atoms with Crippen LogP contribution in [0, 0.1) is 0 Å². The van der Waals surface area contributed by atoms with E-state index in [1.54, 1.807) is 54.6 Å². The standard InChI is InChI=1S/C28H24N2O6S/c1-4-36-17-13-14-19-21(15-17)37-28(29-19)30-23(18-11-8-12-20(34-2)26(18)35-3)22(25(32)27(30)33)24(31)16-9-6-5-7-10-16/h5-15,23,31H,4H2,1-3H3/b24-22+. The Balaban J connectivity index is 1.75. The number of rotatable bonds is 7. The van der Waals surface area contributed by atoms with Gasteiger partial charge in [0.25, 0.3) is 5.78 Å². The number of aliphatic hydroxyl groups is 1. The van der Waals surface area contributed by atoms with Gasteiger partial charge in [0.1, 0.15) is 17.6 Å². The number of aromatic nitrogens is 1. The maximum absolute atomic E-state index is 13.5. The quantitative estimate of drug-likeness (QED) is 0.201. The van der Waals surface area contributed by atoms with E-state index in [0.717, 1.165) is 4.70 Å². The number of methoxy groups -OCH3 is 2. The van der Waals surface area contributed by atoms with Gasteiger partial charge in [-0.25, -0.2) is 4.98 Å². The number of aliphatic hydroxyl groups excluding tert-OH is 1. The van der Waals surface area contributed by atoms with Crippen LogP contribution in [0.4, 0.5) is 5.13 Å². The van der Waals surface area contributed by atoms with Gasteiger partial charge in [0.05, 0.1) is 36.6 Å². The number of nitrogens with zero attached hydrogens (tertiary/aromatic N) is 2. The first kappa shape index (κ1) is 24.3. The van der Waals surface area contributed by atoms with Gasteiger partial charge in [-0.05, 0) is 31.2 Å². The number of ether oxygens (including phenoxy) is 3. The van der Waals surface area contributed by atoms with Crippen molar-refractivity contribution in [2.45, 2.75) is 13.0 Å². The van der Waals surface area contributed by atoms with Crippen molar-refractivity contribution in [1.29, 1.82) is 0 Å². The third-order valence-electron chi connectivity index (χ3n) is 6.09. The van der Waals surface area contributed by atoms with Gasteiger partial charge in [0, 0.05) is 11.1 Å². The smallest absolute Gasteiger partial charge is 0.301 e. The molecule has 1 atom stereocenters. The molecule has 9 heteroatoms. The molecule has 3 aromatic carbocycles. The SMILES string of the molecule is CCOc1ccc2nc(N3C(=O)C(=O)/C(=C(/O)c4ccccc4)C3c3cccc(OC)c3OC)sc2c1. The second-order valence-electron chi connectivity index (χ2n) is 8.18. The van der Waals surface area contributed by atoms with E-state index < -0.39 is 17.7 Å². The zero-order valence-corrected chi connectivity index (χ0v) is 21.2. The molecule has 1 amide bonds. The highest BCUT2D eigenvalue weighted by atomic mass is 32.1. The Kier molecular flexibility index (Phi) is 6.54. The number of anilines is 1. The predicted molar refractivity (Wildman–Crippen MR) is 142 cm³/mol. The topological polar surface area (TPSA) is 98.2 Å². The number of benzene rings is 3. The highest BCUT2D eigenvalue weighted by Crippen LogP contribution is 2.48. The van der Waals surface area contributed by atoms with E-state index in [0.29, 0.717) is 45.6 Å². The van der Waals surface area contributed by atoms with Crippen LogP contribution >= 0.6 is 11.3 Å². The molecule has 4 aromatic rings. The van der Waals surface area contributed by atoms with Gasteiger partial charge in [0.2, 0.25) is 0 Å². The zero-order chi connectivity index (χ0) is 26.1. The lowest BCUT2D eigenvalue weighted by molar-refractivity contribution is -0.132. The fraction of sp³-hybridized carbons (Fsp3) is 0.179. The summed E-state index contributed by atoms with van der Waals surface area (Å²) in [6, 6.07) is 18.3. The van der Waals surface area contributed by atoms with Crippen molar-refractivity contribution in [3.05, 3.63) is 83.4 Å². The Hall–Kier alpha value is -4.37. The van der Waals surface area contributed by atoms with Crippen molar-refractivity contribution < 1.29 is 28.9 Å². The van der Waals surface area contributed by atoms with Crippen LogP contribution in [0.15, 0.2) is 72.3 Å². The molecule has 0 radical (unpaired) electrons. The van der Waals surface area contributed by atoms with Crippen LogP contribution in [0.1, 0.15) is 24.1 Å². The first-order chi connectivity index (χ1) is 18.0. The molecule has 2 heterocycles. The number of para-hydroxylation sites is 1. The van der Waals surface area contributed by atoms with Crippen LogP contribution in [0.2, 0.25) is 0 Å². The van der Waals surface area contributed by atoms with Gasteiger partial charge in [-0.15, -0.1) is 0 Å². The van der Waals surface area contributed by atoms with Crippen LogP contribution in [0.5, 0.6) is 17.2 Å². The third-order valence-corrected chi connectivity index (χ3v) is 7.10. The number of hydrogen-bond acceptors (Lipinski definition) is 8. The van der Waals surface area contributed by atoms with Gasteiger partial charge in [-0.2, -0.15) is 0 Å². The number of fused-ring (bicyclic) bond motifs is 1. The molecule has 5 rings (SSSR count). The normalized spacial score (nSPS) is 16.8. The fourth-order valence-corrected chi connectivity index (χ4v) is 5.48. The average Bonchev–Trinajstić information content (AvgIpc) is 3.46. The molecule has 37 heavy (non-hydrogen) atoms.